The number of halogens is 1. The fourth-order valence-electron chi connectivity index (χ4n) is 2.77. The standard InChI is InChI=1S/C17H27N3O2.HI/c1-5-6-8-19-17(18-2)20-9-7-13-10-15(21-3)16(22-4)11-14(13)12-20;/h10-11H,5-9,12H2,1-4H3,(H,18,19);1H. The summed E-state index contributed by atoms with van der Waals surface area (Å²) in [5.74, 6) is 2.58. The number of guanidine groups is 1. The molecule has 0 aromatic heterocycles. The van der Waals surface area contributed by atoms with Crippen molar-refractivity contribution in [3.63, 3.8) is 0 Å². The molecule has 1 aromatic carbocycles. The van der Waals surface area contributed by atoms with Crippen molar-refractivity contribution in [3.8, 4) is 11.5 Å². The van der Waals surface area contributed by atoms with Gasteiger partial charge in [0, 0.05) is 26.7 Å². The number of fused-ring (bicyclic) bond motifs is 1. The molecule has 0 spiro atoms. The third-order valence-corrected chi connectivity index (χ3v) is 4.04. The minimum Gasteiger partial charge on any atom is -0.493 e. The number of hydrogen-bond acceptors (Lipinski definition) is 3. The Labute approximate surface area is 156 Å². The van der Waals surface area contributed by atoms with Crippen LogP contribution in [0, 0.1) is 0 Å². The summed E-state index contributed by atoms with van der Waals surface area (Å²) < 4.78 is 10.8. The molecule has 0 saturated carbocycles. The largest absolute Gasteiger partial charge is 0.493 e. The third-order valence-electron chi connectivity index (χ3n) is 4.04. The lowest BCUT2D eigenvalue weighted by molar-refractivity contribution is 0.346. The molecular weight excluding hydrogens is 405 g/mol. The van der Waals surface area contributed by atoms with Crippen LogP contribution in [0.5, 0.6) is 11.5 Å². The minimum atomic E-state index is 0. The van der Waals surface area contributed by atoms with Crippen LogP contribution < -0.4 is 14.8 Å². The number of ether oxygens (including phenoxy) is 2. The highest BCUT2D eigenvalue weighted by Gasteiger charge is 2.21. The number of hydrogen-bond donors (Lipinski definition) is 1. The summed E-state index contributed by atoms with van der Waals surface area (Å²) in [6.07, 6.45) is 3.34. The first kappa shape index (κ1) is 19.9. The van der Waals surface area contributed by atoms with Crippen LogP contribution in [0.2, 0.25) is 0 Å². The van der Waals surface area contributed by atoms with Crippen LogP contribution in [0.25, 0.3) is 0 Å². The van der Waals surface area contributed by atoms with Crippen LogP contribution in [-0.2, 0) is 13.0 Å². The predicted octanol–water partition coefficient (Wildman–Crippen LogP) is 3.06. The maximum absolute atomic E-state index is 5.41. The summed E-state index contributed by atoms with van der Waals surface area (Å²) in [6, 6.07) is 4.18. The Balaban J connectivity index is 0.00000264. The molecule has 1 aliphatic rings. The smallest absolute Gasteiger partial charge is 0.193 e. The summed E-state index contributed by atoms with van der Waals surface area (Å²) in [5.41, 5.74) is 2.61. The number of methoxy groups -OCH3 is 2. The zero-order valence-corrected chi connectivity index (χ0v) is 16.8. The van der Waals surface area contributed by atoms with Gasteiger partial charge < -0.3 is 19.7 Å². The Morgan fingerprint density at radius 1 is 1.22 bits per heavy atom. The van der Waals surface area contributed by atoms with E-state index in [4.69, 9.17) is 9.47 Å². The van der Waals surface area contributed by atoms with Gasteiger partial charge in [0.2, 0.25) is 0 Å². The number of aliphatic imine (C=N–C) groups is 1. The van der Waals surface area contributed by atoms with Crippen molar-refractivity contribution in [2.45, 2.75) is 32.7 Å². The molecule has 0 bridgehead atoms. The van der Waals surface area contributed by atoms with Crippen molar-refractivity contribution < 1.29 is 9.47 Å². The highest BCUT2D eigenvalue weighted by molar-refractivity contribution is 14.0. The highest BCUT2D eigenvalue weighted by Crippen LogP contribution is 2.33. The van der Waals surface area contributed by atoms with E-state index < -0.39 is 0 Å². The first-order valence-electron chi connectivity index (χ1n) is 7.92. The summed E-state index contributed by atoms with van der Waals surface area (Å²) in [6.45, 7) is 4.98. The fraction of sp³-hybridized carbons (Fsp3) is 0.588. The molecule has 0 atom stereocenters. The molecule has 1 aromatic rings. The van der Waals surface area contributed by atoms with Crippen LogP contribution >= 0.6 is 24.0 Å². The Morgan fingerprint density at radius 3 is 2.43 bits per heavy atom. The van der Waals surface area contributed by atoms with Gasteiger partial charge in [-0.25, -0.2) is 0 Å². The van der Waals surface area contributed by atoms with Crippen LogP contribution in [0.4, 0.5) is 0 Å². The first-order chi connectivity index (χ1) is 10.7. The lowest BCUT2D eigenvalue weighted by atomic mass is 9.99. The monoisotopic (exact) mass is 433 g/mol. The summed E-state index contributed by atoms with van der Waals surface area (Å²) in [5, 5.41) is 3.44. The highest BCUT2D eigenvalue weighted by atomic mass is 127. The zero-order chi connectivity index (χ0) is 15.9. The molecule has 1 N–H and O–H groups in total. The van der Waals surface area contributed by atoms with Gasteiger partial charge in [0.25, 0.3) is 0 Å². The van der Waals surface area contributed by atoms with E-state index in [1.807, 2.05) is 7.05 Å². The molecule has 1 heterocycles. The number of unbranched alkanes of at least 4 members (excludes halogenated alkanes) is 1. The number of benzene rings is 1. The van der Waals surface area contributed by atoms with E-state index in [0.717, 1.165) is 49.9 Å². The molecule has 1 aliphatic heterocycles. The molecule has 0 unspecified atom stereocenters. The van der Waals surface area contributed by atoms with Gasteiger partial charge in [-0.15, -0.1) is 24.0 Å². The second-order valence-corrected chi connectivity index (χ2v) is 5.48. The van der Waals surface area contributed by atoms with Gasteiger partial charge in [0.15, 0.2) is 17.5 Å². The van der Waals surface area contributed by atoms with E-state index >= 15 is 0 Å². The molecule has 0 radical (unpaired) electrons. The minimum absolute atomic E-state index is 0. The molecule has 0 amide bonds. The molecule has 0 saturated heterocycles. The van der Waals surface area contributed by atoms with E-state index in [0.29, 0.717) is 0 Å². The van der Waals surface area contributed by atoms with Crippen molar-refractivity contribution in [2.24, 2.45) is 4.99 Å². The van der Waals surface area contributed by atoms with E-state index in [9.17, 15) is 0 Å². The third kappa shape index (κ3) is 4.89. The molecule has 5 nitrogen and oxygen atoms in total. The van der Waals surface area contributed by atoms with Gasteiger partial charge in [-0.2, -0.15) is 0 Å². The lowest BCUT2D eigenvalue weighted by Crippen LogP contribution is -2.44. The van der Waals surface area contributed by atoms with E-state index in [1.165, 1.54) is 17.5 Å². The number of rotatable bonds is 5. The number of nitrogens with one attached hydrogen (secondary N) is 1. The molecular formula is C17H28IN3O2. The van der Waals surface area contributed by atoms with Crippen molar-refractivity contribution in [2.75, 3.05) is 34.4 Å². The Hall–Kier alpha value is -1.18. The van der Waals surface area contributed by atoms with Gasteiger partial charge in [0.05, 0.1) is 14.2 Å². The van der Waals surface area contributed by atoms with Crippen LogP contribution in [-0.4, -0.2) is 45.2 Å². The van der Waals surface area contributed by atoms with Gasteiger partial charge in [-0.3, -0.25) is 4.99 Å². The lowest BCUT2D eigenvalue weighted by Gasteiger charge is -2.32. The Bertz CT molecular complexity index is 535. The van der Waals surface area contributed by atoms with Crippen molar-refractivity contribution in [1.82, 2.24) is 10.2 Å². The molecule has 23 heavy (non-hydrogen) atoms. The van der Waals surface area contributed by atoms with Gasteiger partial charge in [0.1, 0.15) is 0 Å². The van der Waals surface area contributed by atoms with Gasteiger partial charge in [-0.05, 0) is 36.1 Å². The quantitative estimate of drug-likeness (QED) is 0.336. The van der Waals surface area contributed by atoms with E-state index in [-0.39, 0.29) is 24.0 Å². The molecule has 2 rings (SSSR count). The van der Waals surface area contributed by atoms with Crippen LogP contribution in [0.15, 0.2) is 17.1 Å². The van der Waals surface area contributed by atoms with Gasteiger partial charge >= 0.3 is 0 Å². The Morgan fingerprint density at radius 2 is 1.87 bits per heavy atom. The zero-order valence-electron chi connectivity index (χ0n) is 14.5. The predicted molar refractivity (Wildman–Crippen MR) is 105 cm³/mol. The fourth-order valence-corrected chi connectivity index (χ4v) is 2.77. The molecule has 0 fully saturated rings. The maximum atomic E-state index is 5.41. The molecule has 6 heteroatoms. The SMILES string of the molecule is CCCCNC(=NC)N1CCc2cc(OC)c(OC)cc2C1.I. The van der Waals surface area contributed by atoms with E-state index in [1.54, 1.807) is 14.2 Å². The van der Waals surface area contributed by atoms with Crippen molar-refractivity contribution >= 4 is 29.9 Å². The van der Waals surface area contributed by atoms with Crippen molar-refractivity contribution in [1.29, 1.82) is 0 Å². The van der Waals surface area contributed by atoms with Gasteiger partial charge in [-0.1, -0.05) is 13.3 Å². The Kier molecular flexibility index (Phi) is 8.51. The maximum Gasteiger partial charge on any atom is 0.193 e. The average Bonchev–Trinajstić information content (AvgIpc) is 2.57. The second kappa shape index (κ2) is 9.85. The van der Waals surface area contributed by atoms with E-state index in [2.05, 4.69) is 34.3 Å². The first-order valence-corrected chi connectivity index (χ1v) is 7.92. The second-order valence-electron chi connectivity index (χ2n) is 5.48. The van der Waals surface area contributed by atoms with Crippen LogP contribution in [0.3, 0.4) is 0 Å². The topological polar surface area (TPSA) is 46.1 Å². The molecule has 130 valence electrons. The number of nitrogens with zero attached hydrogens (tertiary/aromatic N) is 2. The van der Waals surface area contributed by atoms with Crippen LogP contribution in [0.1, 0.15) is 30.9 Å². The average molecular weight is 433 g/mol. The van der Waals surface area contributed by atoms with Crippen molar-refractivity contribution in [3.05, 3.63) is 23.3 Å². The summed E-state index contributed by atoms with van der Waals surface area (Å²) >= 11 is 0. The molecule has 0 aliphatic carbocycles. The summed E-state index contributed by atoms with van der Waals surface area (Å²) in [7, 11) is 5.20. The normalized spacial score (nSPS) is 13.9. The summed E-state index contributed by atoms with van der Waals surface area (Å²) in [4.78, 5) is 6.70.